The lowest BCUT2D eigenvalue weighted by Crippen LogP contribution is -2.14. The van der Waals surface area contributed by atoms with Gasteiger partial charge in [-0.1, -0.05) is 6.92 Å². The number of carbonyl (C=O) groups excluding carboxylic acids is 1. The van der Waals surface area contributed by atoms with Crippen molar-refractivity contribution in [1.82, 2.24) is 0 Å². The van der Waals surface area contributed by atoms with E-state index in [2.05, 4.69) is 0 Å². The highest BCUT2D eigenvalue weighted by Crippen LogP contribution is 2.38. The van der Waals surface area contributed by atoms with Gasteiger partial charge in [-0.3, -0.25) is 4.79 Å². The Morgan fingerprint density at radius 3 is 2.11 bits per heavy atom. The lowest BCUT2D eigenvalue weighted by Gasteiger charge is -1.86. The Morgan fingerprint density at radius 2 is 2.00 bits per heavy atom. The van der Waals surface area contributed by atoms with Crippen LogP contribution in [0.5, 0.6) is 0 Å². The molecule has 1 aliphatic rings. The van der Waals surface area contributed by atoms with E-state index >= 15 is 0 Å². The van der Waals surface area contributed by atoms with Gasteiger partial charge < -0.3 is 5.11 Å². The Morgan fingerprint density at radius 1 is 1.56 bits per heavy atom. The predicted octanol–water partition coefficient (Wildman–Crippen LogP) is 0.296. The quantitative estimate of drug-likeness (QED) is 0.544. The summed E-state index contributed by atoms with van der Waals surface area (Å²) in [4.78, 5) is 20.5. The minimum Gasteiger partial charge on any atom is -0.475 e. The highest BCUT2D eigenvalue weighted by Gasteiger charge is 2.42. The monoisotopic (exact) mass is 128 g/mol. The summed E-state index contributed by atoms with van der Waals surface area (Å²) in [6.45, 7) is 1.88. The summed E-state index contributed by atoms with van der Waals surface area (Å²) in [6, 6.07) is 0. The first kappa shape index (κ1) is 6.26. The molecule has 0 aromatic rings. The van der Waals surface area contributed by atoms with Gasteiger partial charge >= 0.3 is 5.97 Å². The molecule has 2 unspecified atom stereocenters. The van der Waals surface area contributed by atoms with Gasteiger partial charge in [0.25, 0.3) is 0 Å². The van der Waals surface area contributed by atoms with E-state index in [1.807, 2.05) is 6.92 Å². The summed E-state index contributed by atoms with van der Waals surface area (Å²) >= 11 is 0. The number of carboxylic acid groups (broad SMARTS) is 1. The zero-order valence-corrected chi connectivity index (χ0v) is 5.13. The average Bonchev–Trinajstić information content (AvgIpc) is 2.44. The van der Waals surface area contributed by atoms with Crippen LogP contribution in [-0.4, -0.2) is 16.9 Å². The zero-order valence-electron chi connectivity index (χ0n) is 5.13. The van der Waals surface area contributed by atoms with Crippen LogP contribution in [-0.2, 0) is 9.59 Å². The van der Waals surface area contributed by atoms with E-state index in [4.69, 9.17) is 5.11 Å². The van der Waals surface area contributed by atoms with Crippen molar-refractivity contribution in [3.05, 3.63) is 0 Å². The number of carboxylic acids is 1. The fourth-order valence-corrected chi connectivity index (χ4v) is 0.846. The van der Waals surface area contributed by atoms with Gasteiger partial charge in [0.15, 0.2) is 0 Å². The lowest BCUT2D eigenvalue weighted by molar-refractivity contribution is -0.149. The second kappa shape index (κ2) is 1.83. The summed E-state index contributed by atoms with van der Waals surface area (Å²) in [5.74, 6) is -1.79. The highest BCUT2D eigenvalue weighted by atomic mass is 16.4. The molecule has 1 saturated carbocycles. The highest BCUT2D eigenvalue weighted by molar-refractivity contribution is 6.34. The molecule has 0 heterocycles. The number of carbonyl (C=O) groups is 2. The smallest absolute Gasteiger partial charge is 0.372 e. The molecule has 3 heteroatoms. The first-order valence-electron chi connectivity index (χ1n) is 2.90. The van der Waals surface area contributed by atoms with Gasteiger partial charge in [-0.2, -0.15) is 0 Å². The molecule has 9 heavy (non-hydrogen) atoms. The first-order chi connectivity index (χ1) is 4.13. The molecule has 50 valence electrons. The van der Waals surface area contributed by atoms with Crippen LogP contribution in [0.4, 0.5) is 0 Å². The van der Waals surface area contributed by atoms with Crippen molar-refractivity contribution in [2.45, 2.75) is 13.3 Å². The van der Waals surface area contributed by atoms with E-state index in [1.54, 1.807) is 0 Å². The minimum atomic E-state index is -1.29. The lowest BCUT2D eigenvalue weighted by atomic mass is 10.2. The van der Waals surface area contributed by atoms with Gasteiger partial charge in [-0.05, 0) is 12.3 Å². The van der Waals surface area contributed by atoms with Crippen molar-refractivity contribution >= 4 is 11.8 Å². The molecule has 0 bridgehead atoms. The summed E-state index contributed by atoms with van der Waals surface area (Å²) in [5, 5.41) is 8.16. The maximum Gasteiger partial charge on any atom is 0.372 e. The second-order valence-electron chi connectivity index (χ2n) is 2.49. The van der Waals surface area contributed by atoms with Gasteiger partial charge in [0, 0.05) is 5.92 Å². The maximum atomic E-state index is 10.5. The van der Waals surface area contributed by atoms with Crippen LogP contribution in [0.1, 0.15) is 13.3 Å². The van der Waals surface area contributed by atoms with Crippen LogP contribution in [0.15, 0.2) is 0 Å². The Labute approximate surface area is 52.7 Å². The number of ketones is 1. The second-order valence-corrected chi connectivity index (χ2v) is 2.49. The molecule has 0 amide bonds. The molecule has 0 aromatic heterocycles. The largest absolute Gasteiger partial charge is 0.475 e. The fraction of sp³-hybridized carbons (Fsp3) is 0.667. The zero-order chi connectivity index (χ0) is 7.02. The molecular formula is C6H8O3. The first-order valence-corrected chi connectivity index (χ1v) is 2.90. The summed E-state index contributed by atoms with van der Waals surface area (Å²) in [5.41, 5.74) is 0. The van der Waals surface area contributed by atoms with Gasteiger partial charge in [-0.15, -0.1) is 0 Å². The summed E-state index contributed by atoms with van der Waals surface area (Å²) in [6.07, 6.45) is 0.755. The third kappa shape index (κ3) is 1.09. The van der Waals surface area contributed by atoms with Crippen molar-refractivity contribution in [2.24, 2.45) is 11.8 Å². The van der Waals surface area contributed by atoms with Crippen molar-refractivity contribution in [2.75, 3.05) is 0 Å². The molecule has 0 aliphatic heterocycles. The normalized spacial score (nSPS) is 31.7. The molecule has 1 aliphatic carbocycles. The van der Waals surface area contributed by atoms with E-state index in [0.717, 1.165) is 6.42 Å². The van der Waals surface area contributed by atoms with E-state index in [-0.39, 0.29) is 5.92 Å². The Kier molecular flexibility index (Phi) is 1.27. The van der Waals surface area contributed by atoms with E-state index in [0.29, 0.717) is 5.92 Å². The summed E-state index contributed by atoms with van der Waals surface area (Å²) < 4.78 is 0. The maximum absolute atomic E-state index is 10.5. The van der Waals surface area contributed by atoms with Crippen molar-refractivity contribution in [3.8, 4) is 0 Å². The Hall–Kier alpha value is -0.860. The SMILES string of the molecule is CC1CC1C(=O)C(=O)O. The molecule has 0 saturated heterocycles. The average molecular weight is 128 g/mol. The Balaban J connectivity index is 2.46. The number of hydrogen-bond donors (Lipinski definition) is 1. The minimum absolute atomic E-state index is 0.178. The van der Waals surface area contributed by atoms with Crippen molar-refractivity contribution in [3.63, 3.8) is 0 Å². The number of Topliss-reactive ketones (excluding diaryl/α,β-unsaturated/α-hetero) is 1. The molecule has 0 spiro atoms. The topological polar surface area (TPSA) is 54.4 Å². The van der Waals surface area contributed by atoms with Gasteiger partial charge in [0.1, 0.15) is 0 Å². The van der Waals surface area contributed by atoms with Crippen LogP contribution in [0.2, 0.25) is 0 Å². The van der Waals surface area contributed by atoms with E-state index in [1.165, 1.54) is 0 Å². The molecule has 0 aromatic carbocycles. The van der Waals surface area contributed by atoms with Crippen LogP contribution in [0.25, 0.3) is 0 Å². The van der Waals surface area contributed by atoms with Gasteiger partial charge in [-0.25, -0.2) is 4.79 Å². The number of rotatable bonds is 2. The van der Waals surface area contributed by atoms with Crippen LogP contribution >= 0.6 is 0 Å². The van der Waals surface area contributed by atoms with E-state index < -0.39 is 11.8 Å². The van der Waals surface area contributed by atoms with Crippen LogP contribution in [0, 0.1) is 11.8 Å². The fourth-order valence-electron chi connectivity index (χ4n) is 0.846. The third-order valence-corrected chi connectivity index (χ3v) is 1.66. The summed E-state index contributed by atoms with van der Waals surface area (Å²) in [7, 11) is 0. The molecule has 1 N–H and O–H groups in total. The molecule has 0 radical (unpaired) electrons. The standard InChI is InChI=1S/C6H8O3/c1-3-2-4(3)5(7)6(8)9/h3-4H,2H2,1H3,(H,8,9). The molecule has 3 nitrogen and oxygen atoms in total. The molecule has 2 atom stereocenters. The van der Waals surface area contributed by atoms with Crippen LogP contribution in [0.3, 0.4) is 0 Å². The van der Waals surface area contributed by atoms with Crippen molar-refractivity contribution < 1.29 is 14.7 Å². The third-order valence-electron chi connectivity index (χ3n) is 1.66. The van der Waals surface area contributed by atoms with E-state index in [9.17, 15) is 9.59 Å². The molecular weight excluding hydrogens is 120 g/mol. The van der Waals surface area contributed by atoms with Gasteiger partial charge in [0.2, 0.25) is 5.78 Å². The number of aliphatic carboxylic acids is 1. The molecule has 1 fully saturated rings. The van der Waals surface area contributed by atoms with Crippen LogP contribution < -0.4 is 0 Å². The van der Waals surface area contributed by atoms with Crippen molar-refractivity contribution in [1.29, 1.82) is 0 Å². The van der Waals surface area contributed by atoms with Gasteiger partial charge in [0.05, 0.1) is 0 Å². The number of hydrogen-bond acceptors (Lipinski definition) is 2. The molecule has 1 rings (SSSR count). The predicted molar refractivity (Wildman–Crippen MR) is 29.9 cm³/mol. The Bertz CT molecular complexity index is 162.